The number of aromatic nitrogens is 2. The van der Waals surface area contributed by atoms with Crippen LogP contribution in [0, 0.1) is 13.8 Å². The maximum atomic E-state index is 5.78. The molecule has 2 aromatic rings. The fourth-order valence-corrected chi connectivity index (χ4v) is 2.70. The minimum Gasteiger partial charge on any atom is -0.372 e. The highest BCUT2D eigenvalue weighted by Crippen LogP contribution is 2.22. The van der Waals surface area contributed by atoms with Crippen LogP contribution in [0.5, 0.6) is 0 Å². The van der Waals surface area contributed by atoms with Crippen LogP contribution in [0.4, 0.5) is 11.6 Å². The van der Waals surface area contributed by atoms with Gasteiger partial charge in [0.2, 0.25) is 5.95 Å². The Morgan fingerprint density at radius 3 is 2.62 bits per heavy atom. The molecule has 21 heavy (non-hydrogen) atoms. The molecule has 5 nitrogen and oxygen atoms in total. The number of imidazole rings is 1. The first-order valence-electron chi connectivity index (χ1n) is 7.35. The summed E-state index contributed by atoms with van der Waals surface area (Å²) in [4.78, 5) is 6.57. The number of anilines is 2. The highest BCUT2D eigenvalue weighted by Gasteiger charge is 2.12. The standard InChI is InChI=1S/C16H21N5/c1-12-9-15(20-7-3-4-8-20)6-5-14(12)10-18-21-11-13(2)19-16(21)17/h5-6,9-11H,3-4,7-8H2,1-2H3,(H2,17,19). The van der Waals surface area contributed by atoms with Crippen LogP contribution in [0.25, 0.3) is 0 Å². The third-order valence-corrected chi connectivity index (χ3v) is 3.88. The largest absolute Gasteiger partial charge is 0.372 e. The summed E-state index contributed by atoms with van der Waals surface area (Å²) in [6.45, 7) is 6.34. The van der Waals surface area contributed by atoms with Gasteiger partial charge in [-0.25, -0.2) is 9.66 Å². The van der Waals surface area contributed by atoms with Crippen molar-refractivity contribution in [3.63, 3.8) is 0 Å². The lowest BCUT2D eigenvalue weighted by molar-refractivity contribution is 0.896. The van der Waals surface area contributed by atoms with Gasteiger partial charge in [-0.2, -0.15) is 5.10 Å². The number of aryl methyl sites for hydroxylation is 2. The SMILES string of the molecule is Cc1cn(N=Cc2ccc(N3CCCC3)cc2C)c(N)n1. The summed E-state index contributed by atoms with van der Waals surface area (Å²) in [6, 6.07) is 6.52. The fourth-order valence-electron chi connectivity index (χ4n) is 2.70. The third-order valence-electron chi connectivity index (χ3n) is 3.88. The first kappa shape index (κ1) is 13.7. The summed E-state index contributed by atoms with van der Waals surface area (Å²) in [6.07, 6.45) is 6.24. The van der Waals surface area contributed by atoms with Crippen molar-refractivity contribution in [3.8, 4) is 0 Å². The van der Waals surface area contributed by atoms with E-state index in [9.17, 15) is 0 Å². The van der Waals surface area contributed by atoms with Gasteiger partial charge in [0.1, 0.15) is 0 Å². The Morgan fingerprint density at radius 2 is 2.00 bits per heavy atom. The van der Waals surface area contributed by atoms with Gasteiger partial charge in [0.25, 0.3) is 0 Å². The molecule has 110 valence electrons. The van der Waals surface area contributed by atoms with E-state index in [2.05, 4.69) is 40.1 Å². The highest BCUT2D eigenvalue weighted by atomic mass is 15.4. The Kier molecular flexibility index (Phi) is 3.64. The molecule has 3 rings (SSSR count). The molecular formula is C16H21N5. The summed E-state index contributed by atoms with van der Waals surface area (Å²) in [5.41, 5.74) is 10.3. The predicted molar refractivity (Wildman–Crippen MR) is 87.0 cm³/mol. The molecule has 2 heterocycles. The van der Waals surface area contributed by atoms with Gasteiger partial charge >= 0.3 is 0 Å². The number of nitrogen functional groups attached to an aromatic ring is 1. The molecule has 0 bridgehead atoms. The molecule has 0 amide bonds. The van der Waals surface area contributed by atoms with Crippen molar-refractivity contribution in [1.82, 2.24) is 9.66 Å². The van der Waals surface area contributed by atoms with Crippen LogP contribution in [-0.2, 0) is 0 Å². The number of benzene rings is 1. The van der Waals surface area contributed by atoms with Crippen molar-refractivity contribution in [2.75, 3.05) is 23.7 Å². The summed E-state index contributed by atoms with van der Waals surface area (Å²) in [5, 5.41) is 4.38. The van der Waals surface area contributed by atoms with E-state index < -0.39 is 0 Å². The topological polar surface area (TPSA) is 59.4 Å². The van der Waals surface area contributed by atoms with E-state index in [1.807, 2.05) is 19.3 Å². The molecule has 1 aromatic carbocycles. The number of nitrogens with zero attached hydrogens (tertiary/aromatic N) is 4. The molecule has 1 aromatic heterocycles. The van der Waals surface area contributed by atoms with Crippen molar-refractivity contribution < 1.29 is 0 Å². The number of hydrogen-bond acceptors (Lipinski definition) is 4. The average molecular weight is 283 g/mol. The molecule has 1 aliphatic rings. The minimum atomic E-state index is 0.412. The van der Waals surface area contributed by atoms with Gasteiger partial charge in [-0.1, -0.05) is 6.07 Å². The number of hydrogen-bond donors (Lipinski definition) is 1. The average Bonchev–Trinajstić information content (AvgIpc) is 3.07. The van der Waals surface area contributed by atoms with E-state index in [4.69, 9.17) is 5.73 Å². The van der Waals surface area contributed by atoms with Crippen LogP contribution < -0.4 is 10.6 Å². The predicted octanol–water partition coefficient (Wildman–Crippen LogP) is 2.56. The Labute approximate surface area is 125 Å². The highest BCUT2D eigenvalue weighted by molar-refractivity contribution is 5.82. The van der Waals surface area contributed by atoms with Crippen LogP contribution >= 0.6 is 0 Å². The molecule has 0 radical (unpaired) electrons. The zero-order chi connectivity index (χ0) is 14.8. The molecule has 1 aliphatic heterocycles. The van der Waals surface area contributed by atoms with Crippen molar-refractivity contribution in [2.45, 2.75) is 26.7 Å². The summed E-state index contributed by atoms with van der Waals surface area (Å²) < 4.78 is 1.60. The molecular weight excluding hydrogens is 262 g/mol. The maximum absolute atomic E-state index is 5.78. The van der Waals surface area contributed by atoms with Gasteiger partial charge in [-0.3, -0.25) is 0 Å². The third kappa shape index (κ3) is 2.91. The molecule has 0 aliphatic carbocycles. The molecule has 2 N–H and O–H groups in total. The van der Waals surface area contributed by atoms with Crippen LogP contribution in [0.3, 0.4) is 0 Å². The quantitative estimate of drug-likeness (QED) is 0.881. The van der Waals surface area contributed by atoms with Crippen molar-refractivity contribution in [1.29, 1.82) is 0 Å². The minimum absolute atomic E-state index is 0.412. The van der Waals surface area contributed by atoms with Crippen LogP contribution in [-0.4, -0.2) is 29.0 Å². The normalized spacial score (nSPS) is 15.2. The summed E-state index contributed by atoms with van der Waals surface area (Å²) in [5.74, 6) is 0.412. The lowest BCUT2D eigenvalue weighted by Crippen LogP contribution is -2.17. The Balaban J connectivity index is 1.81. The number of rotatable bonds is 3. The molecule has 1 fully saturated rings. The van der Waals surface area contributed by atoms with Gasteiger partial charge in [-0.05, 0) is 49.9 Å². The van der Waals surface area contributed by atoms with Gasteiger partial charge in [-0.15, -0.1) is 0 Å². The maximum Gasteiger partial charge on any atom is 0.221 e. The lowest BCUT2D eigenvalue weighted by atomic mass is 10.1. The number of nitrogens with two attached hydrogens (primary N) is 1. The molecule has 0 unspecified atom stereocenters. The van der Waals surface area contributed by atoms with Gasteiger partial charge in [0.05, 0.1) is 18.1 Å². The zero-order valence-electron chi connectivity index (χ0n) is 12.6. The lowest BCUT2D eigenvalue weighted by Gasteiger charge is -2.18. The first-order chi connectivity index (χ1) is 10.1. The Hall–Kier alpha value is -2.30. The molecule has 1 saturated heterocycles. The Morgan fingerprint density at radius 1 is 1.24 bits per heavy atom. The van der Waals surface area contributed by atoms with Gasteiger partial charge in [0.15, 0.2) is 0 Å². The molecule has 5 heteroatoms. The van der Waals surface area contributed by atoms with Crippen LogP contribution in [0.1, 0.15) is 29.7 Å². The van der Waals surface area contributed by atoms with Gasteiger partial charge in [0, 0.05) is 18.8 Å². The first-order valence-corrected chi connectivity index (χ1v) is 7.35. The van der Waals surface area contributed by atoms with E-state index in [0.717, 1.165) is 24.3 Å². The summed E-state index contributed by atoms with van der Waals surface area (Å²) >= 11 is 0. The van der Waals surface area contributed by atoms with Crippen LogP contribution in [0.15, 0.2) is 29.5 Å². The monoisotopic (exact) mass is 283 g/mol. The smallest absolute Gasteiger partial charge is 0.221 e. The van der Waals surface area contributed by atoms with Crippen molar-refractivity contribution in [2.24, 2.45) is 5.10 Å². The van der Waals surface area contributed by atoms with E-state index >= 15 is 0 Å². The van der Waals surface area contributed by atoms with Gasteiger partial charge < -0.3 is 10.6 Å². The molecule has 0 saturated carbocycles. The van der Waals surface area contributed by atoms with E-state index in [0.29, 0.717) is 5.95 Å². The fraction of sp³-hybridized carbons (Fsp3) is 0.375. The van der Waals surface area contributed by atoms with E-state index in [1.54, 1.807) is 4.68 Å². The second kappa shape index (κ2) is 5.60. The van der Waals surface area contributed by atoms with E-state index in [1.165, 1.54) is 24.1 Å². The second-order valence-electron chi connectivity index (χ2n) is 5.56. The van der Waals surface area contributed by atoms with E-state index in [-0.39, 0.29) is 0 Å². The second-order valence-corrected chi connectivity index (χ2v) is 5.56. The Bertz CT molecular complexity index is 665. The van der Waals surface area contributed by atoms with Crippen molar-refractivity contribution >= 4 is 17.9 Å². The zero-order valence-corrected chi connectivity index (χ0v) is 12.6. The van der Waals surface area contributed by atoms with Crippen LogP contribution in [0.2, 0.25) is 0 Å². The summed E-state index contributed by atoms with van der Waals surface area (Å²) in [7, 11) is 0. The van der Waals surface area contributed by atoms with Crippen molar-refractivity contribution in [3.05, 3.63) is 41.2 Å². The molecule has 0 atom stereocenters. The molecule has 0 spiro atoms.